The van der Waals surface area contributed by atoms with Gasteiger partial charge in [-0.05, 0) is 30.7 Å². The summed E-state index contributed by atoms with van der Waals surface area (Å²) in [6, 6.07) is 1.99. The second kappa shape index (κ2) is 4.59. The van der Waals surface area contributed by atoms with Crippen molar-refractivity contribution in [3.8, 4) is 0 Å². The van der Waals surface area contributed by atoms with Gasteiger partial charge in [0.05, 0.1) is 5.39 Å². The Morgan fingerprint density at radius 3 is 2.95 bits per heavy atom. The molecule has 0 aromatic carbocycles. The SMILES string of the molecule is Nc1nc(N2CCC3(CCC3)[C@H](CO)C2)c2cc[nH]c2n1. The Kier molecular flexibility index (Phi) is 2.82. The standard InChI is InChI=1S/C15H21N5O/c16-14-18-12-11(2-6-17-12)13(19-14)20-7-5-15(3-1-4-15)10(8-20)9-21/h2,6,10,21H,1,3-5,7-9H2,(H3,16,17,18,19)/t10-/m0/s1. The predicted octanol–water partition coefficient (Wildman–Crippen LogP) is 1.53. The molecule has 4 rings (SSSR count). The molecule has 4 N–H and O–H groups in total. The Bertz CT molecular complexity index is 663. The van der Waals surface area contributed by atoms with E-state index in [1.807, 2.05) is 12.3 Å². The van der Waals surface area contributed by atoms with Gasteiger partial charge in [-0.25, -0.2) is 0 Å². The minimum absolute atomic E-state index is 0.257. The number of hydrogen-bond donors (Lipinski definition) is 3. The van der Waals surface area contributed by atoms with Crippen LogP contribution in [-0.4, -0.2) is 39.8 Å². The molecule has 1 atom stereocenters. The molecular formula is C15H21N5O. The first-order chi connectivity index (χ1) is 10.2. The molecule has 2 aliphatic rings. The van der Waals surface area contributed by atoms with Gasteiger partial charge in [0.25, 0.3) is 0 Å². The van der Waals surface area contributed by atoms with Crippen molar-refractivity contribution in [2.75, 3.05) is 30.3 Å². The fourth-order valence-electron chi connectivity index (χ4n) is 4.03. The Labute approximate surface area is 123 Å². The maximum absolute atomic E-state index is 9.79. The molecule has 0 amide bonds. The number of piperidine rings is 1. The molecule has 0 bridgehead atoms. The van der Waals surface area contributed by atoms with E-state index in [2.05, 4.69) is 19.9 Å². The molecule has 2 aromatic heterocycles. The molecule has 21 heavy (non-hydrogen) atoms. The van der Waals surface area contributed by atoms with Crippen LogP contribution < -0.4 is 10.6 Å². The monoisotopic (exact) mass is 287 g/mol. The van der Waals surface area contributed by atoms with Crippen LogP contribution in [0.15, 0.2) is 12.3 Å². The first kappa shape index (κ1) is 12.9. The number of aromatic amines is 1. The van der Waals surface area contributed by atoms with Crippen LogP contribution >= 0.6 is 0 Å². The van der Waals surface area contributed by atoms with Crippen LogP contribution in [0.5, 0.6) is 0 Å². The van der Waals surface area contributed by atoms with E-state index >= 15 is 0 Å². The second-order valence-corrected chi connectivity index (χ2v) is 6.44. The van der Waals surface area contributed by atoms with E-state index in [-0.39, 0.29) is 6.61 Å². The third-order valence-corrected chi connectivity index (χ3v) is 5.47. The molecule has 1 saturated heterocycles. The smallest absolute Gasteiger partial charge is 0.223 e. The summed E-state index contributed by atoms with van der Waals surface area (Å²) in [6.45, 7) is 2.09. The zero-order valence-electron chi connectivity index (χ0n) is 12.0. The number of nitrogen functional groups attached to an aromatic ring is 1. The van der Waals surface area contributed by atoms with Crippen LogP contribution in [0.2, 0.25) is 0 Å². The number of H-pyrrole nitrogens is 1. The summed E-state index contributed by atoms with van der Waals surface area (Å²) in [6.07, 6.45) is 6.82. The highest BCUT2D eigenvalue weighted by Gasteiger charge is 2.47. The third kappa shape index (κ3) is 1.89. The largest absolute Gasteiger partial charge is 0.396 e. The number of aliphatic hydroxyl groups is 1. The van der Waals surface area contributed by atoms with Gasteiger partial charge in [0, 0.05) is 31.8 Å². The maximum Gasteiger partial charge on any atom is 0.223 e. The molecular weight excluding hydrogens is 266 g/mol. The first-order valence-corrected chi connectivity index (χ1v) is 7.68. The Morgan fingerprint density at radius 1 is 1.38 bits per heavy atom. The zero-order valence-corrected chi connectivity index (χ0v) is 12.0. The summed E-state index contributed by atoms with van der Waals surface area (Å²) in [5.74, 6) is 1.53. The number of fused-ring (bicyclic) bond motifs is 1. The topological polar surface area (TPSA) is 91.1 Å². The molecule has 6 heteroatoms. The van der Waals surface area contributed by atoms with E-state index in [1.165, 1.54) is 19.3 Å². The van der Waals surface area contributed by atoms with Crippen molar-refractivity contribution < 1.29 is 5.11 Å². The number of rotatable bonds is 2. The molecule has 2 fully saturated rings. The van der Waals surface area contributed by atoms with Gasteiger partial charge in [-0.15, -0.1) is 0 Å². The summed E-state index contributed by atoms with van der Waals surface area (Å²) in [4.78, 5) is 14.0. The van der Waals surface area contributed by atoms with E-state index in [1.54, 1.807) is 0 Å². The zero-order chi connectivity index (χ0) is 14.4. The molecule has 6 nitrogen and oxygen atoms in total. The molecule has 0 radical (unpaired) electrons. The van der Waals surface area contributed by atoms with Gasteiger partial charge in [0.1, 0.15) is 11.5 Å². The molecule has 1 aliphatic heterocycles. The van der Waals surface area contributed by atoms with Crippen molar-refractivity contribution >= 4 is 22.8 Å². The van der Waals surface area contributed by atoms with Crippen molar-refractivity contribution in [1.29, 1.82) is 0 Å². The fraction of sp³-hybridized carbons (Fsp3) is 0.600. The average molecular weight is 287 g/mol. The number of aromatic nitrogens is 3. The van der Waals surface area contributed by atoms with Gasteiger partial charge in [-0.3, -0.25) is 0 Å². The van der Waals surface area contributed by atoms with Gasteiger partial charge in [-0.2, -0.15) is 9.97 Å². The number of hydrogen-bond acceptors (Lipinski definition) is 5. The van der Waals surface area contributed by atoms with Crippen LogP contribution in [-0.2, 0) is 0 Å². The molecule has 1 aliphatic carbocycles. The molecule has 112 valence electrons. The minimum atomic E-state index is 0.257. The lowest BCUT2D eigenvalue weighted by atomic mass is 9.58. The first-order valence-electron chi connectivity index (χ1n) is 7.68. The average Bonchev–Trinajstić information content (AvgIpc) is 2.92. The number of anilines is 2. The summed E-state index contributed by atoms with van der Waals surface area (Å²) >= 11 is 0. The van der Waals surface area contributed by atoms with E-state index in [9.17, 15) is 5.11 Å². The summed E-state index contributed by atoms with van der Waals surface area (Å²) in [5.41, 5.74) is 6.99. The van der Waals surface area contributed by atoms with Gasteiger partial charge in [0.2, 0.25) is 5.95 Å². The number of nitrogens with zero attached hydrogens (tertiary/aromatic N) is 3. The van der Waals surface area contributed by atoms with Crippen LogP contribution in [0.1, 0.15) is 25.7 Å². The molecule has 1 spiro atoms. The Morgan fingerprint density at radius 2 is 2.24 bits per heavy atom. The fourth-order valence-corrected chi connectivity index (χ4v) is 4.03. The highest BCUT2D eigenvalue weighted by atomic mass is 16.3. The van der Waals surface area contributed by atoms with Crippen LogP contribution in [0.25, 0.3) is 11.0 Å². The Hall–Kier alpha value is -1.82. The lowest BCUT2D eigenvalue weighted by Gasteiger charge is -2.53. The summed E-state index contributed by atoms with van der Waals surface area (Å²) in [7, 11) is 0. The lowest BCUT2D eigenvalue weighted by Crippen LogP contribution is -2.52. The number of aliphatic hydroxyl groups excluding tert-OH is 1. The highest BCUT2D eigenvalue weighted by molar-refractivity contribution is 5.88. The van der Waals surface area contributed by atoms with Crippen LogP contribution in [0.3, 0.4) is 0 Å². The van der Waals surface area contributed by atoms with Crippen molar-refractivity contribution in [3.63, 3.8) is 0 Å². The summed E-state index contributed by atoms with van der Waals surface area (Å²) < 4.78 is 0. The maximum atomic E-state index is 9.79. The third-order valence-electron chi connectivity index (χ3n) is 5.47. The van der Waals surface area contributed by atoms with Crippen LogP contribution in [0, 0.1) is 11.3 Å². The van der Waals surface area contributed by atoms with E-state index < -0.39 is 0 Å². The lowest BCUT2D eigenvalue weighted by molar-refractivity contribution is -0.00445. The molecule has 2 aromatic rings. The number of nitrogens with one attached hydrogen (secondary N) is 1. The number of nitrogens with two attached hydrogens (primary N) is 1. The second-order valence-electron chi connectivity index (χ2n) is 6.44. The van der Waals surface area contributed by atoms with Gasteiger partial charge in [-0.1, -0.05) is 6.42 Å². The predicted molar refractivity (Wildman–Crippen MR) is 82.0 cm³/mol. The van der Waals surface area contributed by atoms with E-state index in [4.69, 9.17) is 5.73 Å². The van der Waals surface area contributed by atoms with Crippen molar-refractivity contribution in [2.45, 2.75) is 25.7 Å². The van der Waals surface area contributed by atoms with E-state index in [0.717, 1.165) is 36.4 Å². The molecule has 1 saturated carbocycles. The molecule has 3 heterocycles. The van der Waals surface area contributed by atoms with Gasteiger partial charge >= 0.3 is 0 Å². The Balaban J connectivity index is 1.68. The van der Waals surface area contributed by atoms with Gasteiger partial charge in [0.15, 0.2) is 0 Å². The minimum Gasteiger partial charge on any atom is -0.396 e. The quantitative estimate of drug-likeness (QED) is 0.779. The van der Waals surface area contributed by atoms with Crippen molar-refractivity contribution in [3.05, 3.63) is 12.3 Å². The molecule has 0 unspecified atom stereocenters. The van der Waals surface area contributed by atoms with E-state index in [0.29, 0.717) is 17.3 Å². The van der Waals surface area contributed by atoms with Crippen molar-refractivity contribution in [1.82, 2.24) is 15.0 Å². The van der Waals surface area contributed by atoms with Crippen molar-refractivity contribution in [2.24, 2.45) is 11.3 Å². The highest BCUT2D eigenvalue weighted by Crippen LogP contribution is 2.52. The van der Waals surface area contributed by atoms with Gasteiger partial charge < -0.3 is 20.7 Å². The normalized spacial score (nSPS) is 24.4. The van der Waals surface area contributed by atoms with Crippen LogP contribution in [0.4, 0.5) is 11.8 Å². The summed E-state index contributed by atoms with van der Waals surface area (Å²) in [5, 5.41) is 10.8.